The van der Waals surface area contributed by atoms with Crippen LogP contribution in [0.3, 0.4) is 0 Å². The van der Waals surface area contributed by atoms with Crippen LogP contribution in [0.2, 0.25) is 0 Å². The predicted octanol–water partition coefficient (Wildman–Crippen LogP) is 2.07. The van der Waals surface area contributed by atoms with Crippen LogP contribution in [0.25, 0.3) is 0 Å². The van der Waals surface area contributed by atoms with Crippen molar-refractivity contribution >= 4 is 11.6 Å². The molecule has 0 bridgehead atoms. The summed E-state index contributed by atoms with van der Waals surface area (Å²) in [4.78, 5) is 13.4. The maximum absolute atomic E-state index is 11.6. The van der Waals surface area contributed by atoms with Gasteiger partial charge in [0.15, 0.2) is 0 Å². The molecule has 1 aliphatic heterocycles. The number of nitriles is 1. The molecule has 0 aromatic heterocycles. The van der Waals surface area contributed by atoms with E-state index in [-0.39, 0.29) is 11.9 Å². The zero-order valence-electron chi connectivity index (χ0n) is 8.60. The van der Waals surface area contributed by atoms with E-state index in [0.29, 0.717) is 12.0 Å². The second-order valence-electron chi connectivity index (χ2n) is 3.81. The lowest BCUT2D eigenvalue weighted by molar-refractivity contribution is -0.117. The van der Waals surface area contributed by atoms with Crippen molar-refractivity contribution in [3.63, 3.8) is 0 Å². The first-order chi connectivity index (χ1) is 7.22. The van der Waals surface area contributed by atoms with E-state index in [2.05, 4.69) is 6.07 Å². The van der Waals surface area contributed by atoms with E-state index in [1.165, 1.54) is 0 Å². The molecule has 1 amide bonds. The summed E-state index contributed by atoms with van der Waals surface area (Å²) in [5, 5.41) is 8.67. The quantitative estimate of drug-likeness (QED) is 0.696. The van der Waals surface area contributed by atoms with Gasteiger partial charge >= 0.3 is 0 Å². The third-order valence-electron chi connectivity index (χ3n) is 2.76. The van der Waals surface area contributed by atoms with Crippen molar-refractivity contribution < 1.29 is 4.79 Å². The molecule has 0 aliphatic carbocycles. The Bertz CT molecular complexity index is 416. The summed E-state index contributed by atoms with van der Waals surface area (Å²) in [5.41, 5.74) is 1.52. The molecule has 2 rings (SSSR count). The maximum Gasteiger partial charge on any atom is 0.227 e. The molecule has 1 atom stereocenters. The Hall–Kier alpha value is -1.82. The number of anilines is 1. The van der Waals surface area contributed by atoms with Crippen molar-refractivity contribution in [3.05, 3.63) is 29.8 Å². The van der Waals surface area contributed by atoms with Crippen molar-refractivity contribution in [1.29, 1.82) is 5.26 Å². The number of nitrogens with zero attached hydrogens (tertiary/aromatic N) is 2. The molecule has 3 nitrogen and oxygen atoms in total. The average Bonchev–Trinajstić information content (AvgIpc) is 2.59. The number of rotatable bonds is 1. The molecule has 0 saturated carbocycles. The Balaban J connectivity index is 2.30. The summed E-state index contributed by atoms with van der Waals surface area (Å²) >= 11 is 0. The van der Waals surface area contributed by atoms with Crippen LogP contribution in [0.15, 0.2) is 24.3 Å². The number of carbonyl (C=O) groups is 1. The minimum atomic E-state index is 0.173. The molecule has 76 valence electrons. The number of hydrogen-bond acceptors (Lipinski definition) is 2. The summed E-state index contributed by atoms with van der Waals surface area (Å²) < 4.78 is 0. The minimum absolute atomic E-state index is 0.173. The van der Waals surface area contributed by atoms with Gasteiger partial charge in [-0.2, -0.15) is 5.26 Å². The van der Waals surface area contributed by atoms with E-state index in [4.69, 9.17) is 5.26 Å². The summed E-state index contributed by atoms with van der Waals surface area (Å²) in [5.74, 6) is 0.173. The first-order valence-electron chi connectivity index (χ1n) is 5.04. The van der Waals surface area contributed by atoms with Gasteiger partial charge in [-0.3, -0.25) is 4.79 Å². The number of carbonyl (C=O) groups excluding carboxylic acids is 1. The van der Waals surface area contributed by atoms with Gasteiger partial charge in [0.25, 0.3) is 0 Å². The van der Waals surface area contributed by atoms with E-state index in [1.54, 1.807) is 17.0 Å². The van der Waals surface area contributed by atoms with E-state index >= 15 is 0 Å². The summed E-state index contributed by atoms with van der Waals surface area (Å²) in [6.07, 6.45) is 1.54. The molecule has 0 radical (unpaired) electrons. The molecule has 1 aliphatic rings. The zero-order valence-corrected chi connectivity index (χ0v) is 8.60. The van der Waals surface area contributed by atoms with Crippen molar-refractivity contribution in [2.75, 3.05) is 4.90 Å². The van der Waals surface area contributed by atoms with E-state index in [9.17, 15) is 4.79 Å². The smallest absolute Gasteiger partial charge is 0.227 e. The van der Waals surface area contributed by atoms with Crippen LogP contribution in [-0.2, 0) is 4.79 Å². The van der Waals surface area contributed by atoms with Gasteiger partial charge in [0.1, 0.15) is 0 Å². The van der Waals surface area contributed by atoms with Crippen LogP contribution in [0.4, 0.5) is 5.69 Å². The highest BCUT2D eigenvalue weighted by Crippen LogP contribution is 2.26. The third-order valence-corrected chi connectivity index (χ3v) is 2.76. The SMILES string of the molecule is C[C@H]1CCC(=O)N1c1ccc(C#N)cc1. The van der Waals surface area contributed by atoms with Crippen LogP contribution in [0.1, 0.15) is 25.3 Å². The van der Waals surface area contributed by atoms with Crippen LogP contribution >= 0.6 is 0 Å². The molecule has 1 aromatic rings. The van der Waals surface area contributed by atoms with Crippen LogP contribution in [0.5, 0.6) is 0 Å². The lowest BCUT2D eigenvalue weighted by Gasteiger charge is -2.21. The largest absolute Gasteiger partial charge is 0.310 e. The summed E-state index contributed by atoms with van der Waals surface area (Å²) in [6, 6.07) is 9.48. The zero-order chi connectivity index (χ0) is 10.8. The number of hydrogen-bond donors (Lipinski definition) is 0. The molecular weight excluding hydrogens is 188 g/mol. The highest BCUT2D eigenvalue weighted by molar-refractivity contribution is 5.96. The van der Waals surface area contributed by atoms with Crippen LogP contribution < -0.4 is 4.90 Å². The van der Waals surface area contributed by atoms with Crippen molar-refractivity contribution in [1.82, 2.24) is 0 Å². The Morgan fingerprint density at radius 3 is 2.53 bits per heavy atom. The Morgan fingerprint density at radius 1 is 1.40 bits per heavy atom. The molecule has 0 spiro atoms. The fourth-order valence-electron chi connectivity index (χ4n) is 1.92. The standard InChI is InChI=1S/C12H12N2O/c1-9-2-7-12(15)14(9)11-5-3-10(8-13)4-6-11/h3-6,9H,2,7H2,1H3/t9-/m0/s1. The number of benzene rings is 1. The minimum Gasteiger partial charge on any atom is -0.310 e. The second-order valence-corrected chi connectivity index (χ2v) is 3.81. The molecule has 1 heterocycles. The second kappa shape index (κ2) is 3.74. The van der Waals surface area contributed by atoms with E-state index < -0.39 is 0 Å². The van der Waals surface area contributed by atoms with Gasteiger partial charge in [-0.25, -0.2) is 0 Å². The highest BCUT2D eigenvalue weighted by Gasteiger charge is 2.28. The van der Waals surface area contributed by atoms with Crippen LogP contribution in [0, 0.1) is 11.3 Å². The van der Waals surface area contributed by atoms with Gasteiger partial charge in [-0.05, 0) is 37.6 Å². The Kier molecular flexibility index (Phi) is 2.42. The Morgan fingerprint density at radius 2 is 2.07 bits per heavy atom. The maximum atomic E-state index is 11.6. The van der Waals surface area contributed by atoms with Gasteiger partial charge in [-0.1, -0.05) is 0 Å². The summed E-state index contributed by atoms with van der Waals surface area (Å²) in [6.45, 7) is 2.04. The van der Waals surface area contributed by atoms with Crippen molar-refractivity contribution in [2.45, 2.75) is 25.8 Å². The van der Waals surface area contributed by atoms with Gasteiger partial charge in [0, 0.05) is 18.2 Å². The third kappa shape index (κ3) is 1.71. The van der Waals surface area contributed by atoms with Crippen LogP contribution in [-0.4, -0.2) is 11.9 Å². The number of amides is 1. The first kappa shape index (κ1) is 9.72. The lowest BCUT2D eigenvalue weighted by Crippen LogP contribution is -2.30. The van der Waals surface area contributed by atoms with Crippen molar-refractivity contribution in [3.8, 4) is 6.07 Å². The lowest BCUT2D eigenvalue weighted by atomic mass is 10.2. The molecule has 15 heavy (non-hydrogen) atoms. The topological polar surface area (TPSA) is 44.1 Å². The monoisotopic (exact) mass is 200 g/mol. The average molecular weight is 200 g/mol. The molecule has 1 saturated heterocycles. The van der Waals surface area contributed by atoms with E-state index in [1.807, 2.05) is 19.1 Å². The van der Waals surface area contributed by atoms with Gasteiger partial charge in [0.2, 0.25) is 5.91 Å². The molecule has 0 unspecified atom stereocenters. The predicted molar refractivity (Wildman–Crippen MR) is 57.3 cm³/mol. The molecule has 1 fully saturated rings. The van der Waals surface area contributed by atoms with Gasteiger partial charge in [-0.15, -0.1) is 0 Å². The first-order valence-corrected chi connectivity index (χ1v) is 5.04. The van der Waals surface area contributed by atoms with Gasteiger partial charge < -0.3 is 4.90 Å². The summed E-state index contributed by atoms with van der Waals surface area (Å²) in [7, 11) is 0. The fourth-order valence-corrected chi connectivity index (χ4v) is 1.92. The fraction of sp³-hybridized carbons (Fsp3) is 0.333. The van der Waals surface area contributed by atoms with Crippen molar-refractivity contribution in [2.24, 2.45) is 0 Å². The normalized spacial score (nSPS) is 20.4. The molecule has 1 aromatic carbocycles. The molecular formula is C12H12N2O. The molecule has 0 N–H and O–H groups in total. The molecule has 3 heteroatoms. The van der Waals surface area contributed by atoms with E-state index in [0.717, 1.165) is 12.1 Å². The Labute approximate surface area is 88.9 Å². The highest BCUT2D eigenvalue weighted by atomic mass is 16.2. The van der Waals surface area contributed by atoms with Gasteiger partial charge in [0.05, 0.1) is 11.6 Å².